The Morgan fingerprint density at radius 3 is 2.68 bits per heavy atom. The highest BCUT2D eigenvalue weighted by Crippen LogP contribution is 2.26. The maximum atomic E-state index is 4.78. The fourth-order valence-electron chi connectivity index (χ4n) is 2.69. The predicted octanol–water partition coefficient (Wildman–Crippen LogP) is 0.596. The molecule has 3 rings (SSSR count). The first-order valence-electron chi connectivity index (χ1n) is 6.86. The van der Waals surface area contributed by atoms with Crippen molar-refractivity contribution in [3.63, 3.8) is 0 Å². The van der Waals surface area contributed by atoms with Crippen molar-refractivity contribution >= 4 is 17.6 Å². The highest BCUT2D eigenvalue weighted by atomic mass is 32.2. The fourth-order valence-corrected chi connectivity index (χ4v) is 3.07. The molecule has 3 heterocycles. The molecule has 1 aromatic heterocycles. The molecular formula is C13H21N5S. The van der Waals surface area contributed by atoms with Crippen LogP contribution in [0.15, 0.2) is 5.16 Å². The Morgan fingerprint density at radius 1 is 1.16 bits per heavy atom. The average molecular weight is 279 g/mol. The third-order valence-corrected chi connectivity index (χ3v) is 4.43. The first-order valence-corrected chi connectivity index (χ1v) is 8.08. The van der Waals surface area contributed by atoms with Crippen LogP contribution in [0.3, 0.4) is 0 Å². The first kappa shape index (κ1) is 13.1. The van der Waals surface area contributed by atoms with Crippen LogP contribution >= 0.6 is 11.8 Å². The molecule has 1 fully saturated rings. The minimum Gasteiger partial charge on any atom is -0.354 e. The van der Waals surface area contributed by atoms with E-state index in [4.69, 9.17) is 4.98 Å². The summed E-state index contributed by atoms with van der Waals surface area (Å²) in [6.45, 7) is 6.29. The van der Waals surface area contributed by atoms with Crippen molar-refractivity contribution in [3.8, 4) is 0 Å². The Balaban J connectivity index is 1.94. The summed E-state index contributed by atoms with van der Waals surface area (Å²) in [7, 11) is 2.18. The van der Waals surface area contributed by atoms with Crippen molar-refractivity contribution in [2.45, 2.75) is 18.1 Å². The number of anilines is 1. The molecule has 0 aliphatic carbocycles. The molecule has 0 saturated carbocycles. The van der Waals surface area contributed by atoms with E-state index < -0.39 is 0 Å². The minimum atomic E-state index is 0.881. The molecule has 19 heavy (non-hydrogen) atoms. The Kier molecular flexibility index (Phi) is 3.91. The van der Waals surface area contributed by atoms with Crippen LogP contribution in [0.2, 0.25) is 0 Å². The highest BCUT2D eigenvalue weighted by Gasteiger charge is 2.23. The third kappa shape index (κ3) is 2.70. The summed E-state index contributed by atoms with van der Waals surface area (Å²) in [4.78, 5) is 14.3. The Labute approximate surface area is 118 Å². The fraction of sp³-hybridized carbons (Fsp3) is 0.692. The quantitative estimate of drug-likeness (QED) is 0.632. The second-order valence-corrected chi connectivity index (χ2v) is 5.95. The minimum absolute atomic E-state index is 0.881. The molecule has 104 valence electrons. The monoisotopic (exact) mass is 279 g/mol. The van der Waals surface area contributed by atoms with Crippen molar-refractivity contribution in [2.75, 3.05) is 50.9 Å². The smallest absolute Gasteiger partial charge is 0.189 e. The third-order valence-electron chi connectivity index (χ3n) is 3.88. The van der Waals surface area contributed by atoms with Gasteiger partial charge in [-0.05, 0) is 26.3 Å². The summed E-state index contributed by atoms with van der Waals surface area (Å²) in [6, 6.07) is 0. The largest absolute Gasteiger partial charge is 0.354 e. The van der Waals surface area contributed by atoms with Gasteiger partial charge in [0.05, 0.1) is 5.69 Å². The van der Waals surface area contributed by atoms with E-state index in [2.05, 4.69) is 27.1 Å². The predicted molar refractivity (Wildman–Crippen MR) is 78.9 cm³/mol. The Hall–Kier alpha value is -0.850. The number of nitrogens with one attached hydrogen (secondary N) is 1. The lowest BCUT2D eigenvalue weighted by Gasteiger charge is -2.35. The van der Waals surface area contributed by atoms with Gasteiger partial charge in [0.1, 0.15) is 5.82 Å². The molecule has 0 amide bonds. The molecule has 1 N–H and O–H groups in total. The van der Waals surface area contributed by atoms with Crippen LogP contribution in [0.5, 0.6) is 0 Å². The molecule has 5 nitrogen and oxygen atoms in total. The summed E-state index contributed by atoms with van der Waals surface area (Å²) in [5, 5.41) is 4.30. The molecule has 2 aliphatic heterocycles. The van der Waals surface area contributed by atoms with Gasteiger partial charge in [0, 0.05) is 38.3 Å². The van der Waals surface area contributed by atoms with Crippen molar-refractivity contribution in [2.24, 2.45) is 0 Å². The summed E-state index contributed by atoms with van der Waals surface area (Å²) in [5.41, 5.74) is 2.56. The molecule has 0 aromatic carbocycles. The van der Waals surface area contributed by atoms with Crippen molar-refractivity contribution in [1.82, 2.24) is 20.2 Å². The second-order valence-electron chi connectivity index (χ2n) is 5.18. The summed E-state index contributed by atoms with van der Waals surface area (Å²) >= 11 is 1.63. The van der Waals surface area contributed by atoms with Gasteiger partial charge in [0.15, 0.2) is 5.16 Å². The van der Waals surface area contributed by atoms with Crippen LogP contribution in [0.1, 0.15) is 11.3 Å². The van der Waals surface area contributed by atoms with Crippen molar-refractivity contribution in [1.29, 1.82) is 0 Å². The lowest BCUT2D eigenvalue weighted by Crippen LogP contribution is -2.45. The molecule has 0 atom stereocenters. The number of likely N-dealkylation sites (N-methyl/N-ethyl adjacent to an activating group) is 1. The van der Waals surface area contributed by atoms with Gasteiger partial charge in [-0.3, -0.25) is 0 Å². The standard InChI is InChI=1S/C13H21N5S/c1-17-5-7-18(8-6-17)12-10-3-4-14-9-11(10)15-13(16-12)19-2/h14H,3-9H2,1-2H3. The maximum Gasteiger partial charge on any atom is 0.189 e. The zero-order valence-corrected chi connectivity index (χ0v) is 12.5. The number of nitrogens with zero attached hydrogens (tertiary/aromatic N) is 4. The molecule has 0 unspecified atom stereocenters. The highest BCUT2D eigenvalue weighted by molar-refractivity contribution is 7.98. The number of aromatic nitrogens is 2. The van der Waals surface area contributed by atoms with Crippen LogP contribution in [-0.2, 0) is 13.0 Å². The zero-order valence-electron chi connectivity index (χ0n) is 11.6. The number of hydrogen-bond donors (Lipinski definition) is 1. The number of fused-ring (bicyclic) bond motifs is 1. The van der Waals surface area contributed by atoms with Crippen LogP contribution in [0.25, 0.3) is 0 Å². The molecule has 1 aromatic rings. The SMILES string of the molecule is CSc1nc2c(c(N3CCN(C)CC3)n1)CCNC2. The lowest BCUT2D eigenvalue weighted by atomic mass is 10.1. The molecule has 1 saturated heterocycles. The summed E-state index contributed by atoms with van der Waals surface area (Å²) in [5.74, 6) is 1.18. The van der Waals surface area contributed by atoms with Gasteiger partial charge in [0.2, 0.25) is 0 Å². The van der Waals surface area contributed by atoms with Crippen LogP contribution in [-0.4, -0.2) is 60.9 Å². The maximum absolute atomic E-state index is 4.78. The summed E-state index contributed by atoms with van der Waals surface area (Å²) < 4.78 is 0. The molecule has 2 aliphatic rings. The lowest BCUT2D eigenvalue weighted by molar-refractivity contribution is 0.311. The number of rotatable bonds is 2. The Morgan fingerprint density at radius 2 is 1.95 bits per heavy atom. The number of hydrogen-bond acceptors (Lipinski definition) is 6. The molecular weight excluding hydrogens is 258 g/mol. The summed E-state index contributed by atoms with van der Waals surface area (Å²) in [6.07, 6.45) is 3.09. The Bertz CT molecular complexity index is 457. The van der Waals surface area contributed by atoms with E-state index in [-0.39, 0.29) is 0 Å². The molecule has 0 radical (unpaired) electrons. The van der Waals surface area contributed by atoms with Gasteiger partial charge in [-0.2, -0.15) is 0 Å². The number of thioether (sulfide) groups is 1. The van der Waals surface area contributed by atoms with Crippen LogP contribution in [0.4, 0.5) is 5.82 Å². The van der Waals surface area contributed by atoms with E-state index in [0.29, 0.717) is 0 Å². The molecule has 0 bridgehead atoms. The van der Waals surface area contributed by atoms with Gasteiger partial charge >= 0.3 is 0 Å². The van der Waals surface area contributed by atoms with Gasteiger partial charge in [-0.25, -0.2) is 9.97 Å². The van der Waals surface area contributed by atoms with E-state index in [1.165, 1.54) is 17.1 Å². The average Bonchev–Trinajstić information content (AvgIpc) is 2.47. The van der Waals surface area contributed by atoms with Crippen LogP contribution in [0, 0.1) is 0 Å². The van der Waals surface area contributed by atoms with Gasteiger partial charge in [-0.1, -0.05) is 11.8 Å². The second kappa shape index (κ2) is 5.64. The van der Waals surface area contributed by atoms with E-state index >= 15 is 0 Å². The van der Waals surface area contributed by atoms with Gasteiger partial charge in [0.25, 0.3) is 0 Å². The molecule has 6 heteroatoms. The van der Waals surface area contributed by atoms with Crippen LogP contribution < -0.4 is 10.2 Å². The number of piperazine rings is 1. The van der Waals surface area contributed by atoms with Crippen molar-refractivity contribution in [3.05, 3.63) is 11.3 Å². The normalized spacial score (nSPS) is 20.4. The van der Waals surface area contributed by atoms with Gasteiger partial charge < -0.3 is 15.1 Å². The van der Waals surface area contributed by atoms with E-state index in [0.717, 1.165) is 50.8 Å². The topological polar surface area (TPSA) is 44.3 Å². The van der Waals surface area contributed by atoms with Crippen molar-refractivity contribution < 1.29 is 0 Å². The van der Waals surface area contributed by atoms with E-state index in [1.54, 1.807) is 11.8 Å². The molecule has 0 spiro atoms. The van der Waals surface area contributed by atoms with E-state index in [1.807, 2.05) is 6.26 Å². The first-order chi connectivity index (χ1) is 9.28. The zero-order chi connectivity index (χ0) is 13.2. The van der Waals surface area contributed by atoms with E-state index in [9.17, 15) is 0 Å². The van der Waals surface area contributed by atoms with Gasteiger partial charge in [-0.15, -0.1) is 0 Å².